The molecule has 0 saturated heterocycles. The monoisotopic (exact) mass is 610 g/mol. The highest BCUT2D eigenvalue weighted by Gasteiger charge is 2.18. The maximum absolute atomic E-state index is 15.2. The van der Waals surface area contributed by atoms with Gasteiger partial charge >= 0.3 is 17.3 Å². The standard InChI is InChI=1S/C32H24F2N6O5/c1-3-38-18-29(30(41)40(32(38)43)23-10-7-21(33)8-11-23)45-31(42)37-22-9-12-27(24(34)16-22)44-28-15-20(17-39-26(28)13-14-35-39)25-6-4-5-19(2)36-25/h4-18H,3H2,1-2H3,(H,37,42). The van der Waals surface area contributed by atoms with Crippen LogP contribution >= 0.6 is 0 Å². The summed E-state index contributed by atoms with van der Waals surface area (Å²) in [5, 5.41) is 6.64. The van der Waals surface area contributed by atoms with Crippen LogP contribution in [0.15, 0.2) is 101 Å². The summed E-state index contributed by atoms with van der Waals surface area (Å²) in [5.74, 6) is -1.60. The number of rotatable bonds is 7. The van der Waals surface area contributed by atoms with Crippen molar-refractivity contribution < 1.29 is 23.0 Å². The molecule has 11 nitrogen and oxygen atoms in total. The Morgan fingerprint density at radius 3 is 2.47 bits per heavy atom. The average molecular weight is 611 g/mol. The molecule has 0 aliphatic heterocycles. The van der Waals surface area contributed by atoms with Gasteiger partial charge in [0.05, 0.1) is 23.8 Å². The van der Waals surface area contributed by atoms with Crippen molar-refractivity contribution in [3.63, 3.8) is 0 Å². The molecule has 6 aromatic rings. The first-order valence-corrected chi connectivity index (χ1v) is 13.7. The predicted octanol–water partition coefficient (Wildman–Crippen LogP) is 5.72. The molecule has 0 fully saturated rings. The molecule has 0 atom stereocenters. The molecule has 1 amide bonds. The molecule has 4 heterocycles. The van der Waals surface area contributed by atoms with Gasteiger partial charge in [0.1, 0.15) is 11.3 Å². The number of anilines is 1. The zero-order valence-corrected chi connectivity index (χ0v) is 23.9. The normalized spacial score (nSPS) is 11.0. The van der Waals surface area contributed by atoms with E-state index in [4.69, 9.17) is 9.47 Å². The Bertz CT molecular complexity index is 2190. The van der Waals surface area contributed by atoms with Crippen LogP contribution in [0, 0.1) is 18.6 Å². The lowest BCUT2D eigenvalue weighted by Gasteiger charge is -2.13. The topological polar surface area (TPSA) is 122 Å². The lowest BCUT2D eigenvalue weighted by atomic mass is 10.1. The van der Waals surface area contributed by atoms with Crippen molar-refractivity contribution in [3.8, 4) is 34.2 Å². The van der Waals surface area contributed by atoms with Crippen molar-refractivity contribution in [1.82, 2.24) is 23.7 Å². The summed E-state index contributed by atoms with van der Waals surface area (Å²) in [6.45, 7) is 3.69. The molecular formula is C32H24F2N6O5. The van der Waals surface area contributed by atoms with E-state index >= 15 is 4.39 Å². The van der Waals surface area contributed by atoms with Gasteiger partial charge in [-0.15, -0.1) is 0 Å². The number of pyridine rings is 2. The van der Waals surface area contributed by atoms with E-state index in [1.165, 1.54) is 24.3 Å². The second-order valence-electron chi connectivity index (χ2n) is 9.86. The smallest absolute Gasteiger partial charge is 0.417 e. The highest BCUT2D eigenvalue weighted by atomic mass is 19.1. The van der Waals surface area contributed by atoms with Crippen molar-refractivity contribution in [2.24, 2.45) is 0 Å². The Hall–Kier alpha value is -6.11. The van der Waals surface area contributed by atoms with Gasteiger partial charge in [-0.05, 0) is 74.5 Å². The van der Waals surface area contributed by atoms with Gasteiger partial charge in [0.25, 0.3) is 0 Å². The second kappa shape index (κ2) is 11.9. The lowest BCUT2D eigenvalue weighted by molar-refractivity contribution is 0.213. The zero-order chi connectivity index (χ0) is 31.7. The average Bonchev–Trinajstić information content (AvgIpc) is 3.50. The third kappa shape index (κ3) is 5.91. The number of hydrogen-bond donors (Lipinski definition) is 1. The first-order chi connectivity index (χ1) is 21.7. The van der Waals surface area contributed by atoms with E-state index in [2.05, 4.69) is 15.4 Å². The third-order valence-electron chi connectivity index (χ3n) is 6.81. The Morgan fingerprint density at radius 2 is 1.73 bits per heavy atom. The van der Waals surface area contributed by atoms with Gasteiger partial charge in [-0.1, -0.05) is 6.07 Å². The van der Waals surface area contributed by atoms with E-state index in [1.54, 1.807) is 36.0 Å². The number of ether oxygens (including phenoxy) is 2. The molecule has 0 radical (unpaired) electrons. The number of carbonyl (C=O) groups excluding carboxylic acids is 1. The van der Waals surface area contributed by atoms with Gasteiger partial charge in [-0.3, -0.25) is 19.7 Å². The summed E-state index contributed by atoms with van der Waals surface area (Å²) < 4.78 is 43.3. The minimum atomic E-state index is -1.11. The molecule has 0 unspecified atom stereocenters. The zero-order valence-electron chi connectivity index (χ0n) is 23.9. The minimum absolute atomic E-state index is 0.0136. The van der Waals surface area contributed by atoms with Gasteiger partial charge in [0.15, 0.2) is 17.3 Å². The molecule has 2 aromatic carbocycles. The highest BCUT2D eigenvalue weighted by Crippen LogP contribution is 2.33. The maximum atomic E-state index is 15.2. The summed E-state index contributed by atoms with van der Waals surface area (Å²) in [4.78, 5) is 43.1. The molecule has 0 bridgehead atoms. The van der Waals surface area contributed by atoms with Gasteiger partial charge < -0.3 is 9.47 Å². The molecule has 6 rings (SSSR count). The van der Waals surface area contributed by atoms with Crippen LogP contribution in [-0.2, 0) is 6.54 Å². The van der Waals surface area contributed by atoms with Crippen LogP contribution in [0.3, 0.4) is 0 Å². The first-order valence-electron chi connectivity index (χ1n) is 13.7. The van der Waals surface area contributed by atoms with Crippen LogP contribution in [0.1, 0.15) is 12.6 Å². The van der Waals surface area contributed by atoms with E-state index in [-0.39, 0.29) is 23.7 Å². The third-order valence-corrected chi connectivity index (χ3v) is 6.81. The van der Waals surface area contributed by atoms with Gasteiger partial charge in [0, 0.05) is 35.8 Å². The van der Waals surface area contributed by atoms with Crippen LogP contribution in [0.5, 0.6) is 17.2 Å². The quantitative estimate of drug-likeness (QED) is 0.245. The summed E-state index contributed by atoms with van der Waals surface area (Å²) in [7, 11) is 0. The number of halogens is 2. The van der Waals surface area contributed by atoms with Crippen molar-refractivity contribution in [1.29, 1.82) is 0 Å². The Kier molecular flexibility index (Phi) is 7.65. The molecule has 0 spiro atoms. The number of benzene rings is 2. The summed E-state index contributed by atoms with van der Waals surface area (Å²) >= 11 is 0. The van der Waals surface area contributed by atoms with Crippen LogP contribution in [-0.4, -0.2) is 29.8 Å². The Balaban J connectivity index is 1.23. The predicted molar refractivity (Wildman–Crippen MR) is 161 cm³/mol. The summed E-state index contributed by atoms with van der Waals surface area (Å²) in [6.07, 6.45) is 3.37. The first kappa shape index (κ1) is 29.0. The van der Waals surface area contributed by atoms with Crippen molar-refractivity contribution in [3.05, 3.63) is 130 Å². The van der Waals surface area contributed by atoms with E-state index in [1.807, 2.05) is 25.1 Å². The van der Waals surface area contributed by atoms with Crippen LogP contribution in [0.25, 0.3) is 22.5 Å². The van der Waals surface area contributed by atoms with Crippen LogP contribution < -0.4 is 26.0 Å². The van der Waals surface area contributed by atoms with Crippen LogP contribution in [0.2, 0.25) is 0 Å². The lowest BCUT2D eigenvalue weighted by Crippen LogP contribution is -2.39. The molecule has 0 saturated carbocycles. The fourth-order valence-corrected chi connectivity index (χ4v) is 4.64. The van der Waals surface area contributed by atoms with Crippen LogP contribution in [0.4, 0.5) is 19.3 Å². The number of fused-ring (bicyclic) bond motifs is 1. The van der Waals surface area contributed by atoms with E-state index in [9.17, 15) is 18.8 Å². The van der Waals surface area contributed by atoms with Crippen molar-refractivity contribution >= 4 is 17.3 Å². The molecule has 4 aromatic heterocycles. The molecule has 0 aliphatic rings. The van der Waals surface area contributed by atoms with Gasteiger partial charge in [-0.25, -0.2) is 27.5 Å². The van der Waals surface area contributed by atoms with Crippen molar-refractivity contribution in [2.45, 2.75) is 20.4 Å². The van der Waals surface area contributed by atoms with E-state index in [0.29, 0.717) is 22.5 Å². The Labute approximate surface area is 253 Å². The number of aryl methyl sites for hydroxylation is 2. The molecular weight excluding hydrogens is 586 g/mol. The number of hydrogen-bond acceptors (Lipinski definition) is 7. The molecule has 13 heteroatoms. The number of nitrogens with zero attached hydrogens (tertiary/aromatic N) is 5. The largest absolute Gasteiger partial charge is 0.452 e. The van der Waals surface area contributed by atoms with E-state index in [0.717, 1.165) is 39.2 Å². The number of nitrogens with one attached hydrogen (secondary N) is 1. The summed E-state index contributed by atoms with van der Waals surface area (Å²) in [6, 6.07) is 17.5. The fourth-order valence-electron chi connectivity index (χ4n) is 4.64. The molecule has 45 heavy (non-hydrogen) atoms. The summed E-state index contributed by atoms with van der Waals surface area (Å²) in [5.41, 5.74) is 1.29. The maximum Gasteiger partial charge on any atom is 0.417 e. The van der Waals surface area contributed by atoms with E-state index < -0.39 is 34.7 Å². The van der Waals surface area contributed by atoms with Gasteiger partial charge in [-0.2, -0.15) is 5.10 Å². The number of carbonyl (C=O) groups is 1. The number of amides is 1. The number of aromatic nitrogens is 5. The molecule has 226 valence electrons. The van der Waals surface area contributed by atoms with Gasteiger partial charge in [0.2, 0.25) is 5.75 Å². The Morgan fingerprint density at radius 1 is 0.933 bits per heavy atom. The molecule has 1 N–H and O–H groups in total. The highest BCUT2D eigenvalue weighted by molar-refractivity contribution is 5.86. The fraction of sp³-hybridized carbons (Fsp3) is 0.0938. The van der Waals surface area contributed by atoms with Crippen molar-refractivity contribution in [2.75, 3.05) is 5.32 Å². The SMILES string of the molecule is CCn1cc(OC(=O)Nc2ccc(Oc3cc(-c4cccc(C)n4)cn4nccc34)c(F)c2)c(=O)n(-c2ccc(F)cc2)c1=O. The molecule has 0 aliphatic carbocycles. The second-order valence-corrected chi connectivity index (χ2v) is 9.86. The minimum Gasteiger partial charge on any atom is -0.452 e.